The van der Waals surface area contributed by atoms with E-state index in [1.54, 1.807) is 29.3 Å². The maximum atomic E-state index is 15.2. The van der Waals surface area contributed by atoms with E-state index in [1.807, 2.05) is 0 Å². The van der Waals surface area contributed by atoms with Crippen molar-refractivity contribution < 1.29 is 28.6 Å². The van der Waals surface area contributed by atoms with Gasteiger partial charge >= 0.3 is 5.97 Å². The number of hydrogen-bond acceptors (Lipinski definition) is 7. The van der Waals surface area contributed by atoms with E-state index in [1.165, 1.54) is 6.20 Å². The molecule has 2 fully saturated rings. The third-order valence-corrected chi connectivity index (χ3v) is 6.74. The summed E-state index contributed by atoms with van der Waals surface area (Å²) in [5.41, 5.74) is -0.648. The number of Topliss-reactive ketones (excluding diaryl/α,β-unsaturated/α-hetero) is 1. The first-order valence-corrected chi connectivity index (χ1v) is 11.6. The van der Waals surface area contributed by atoms with Crippen molar-refractivity contribution in [3.05, 3.63) is 53.6 Å². The Balaban J connectivity index is 1.56. The van der Waals surface area contributed by atoms with E-state index in [4.69, 9.17) is 4.42 Å². The van der Waals surface area contributed by atoms with Gasteiger partial charge in [0.1, 0.15) is 23.3 Å². The molecule has 1 aromatic heterocycles. The van der Waals surface area contributed by atoms with Gasteiger partial charge in [-0.2, -0.15) is 0 Å². The number of benzene rings is 1. The van der Waals surface area contributed by atoms with Crippen LogP contribution in [0.2, 0.25) is 0 Å². The van der Waals surface area contributed by atoms with Crippen LogP contribution >= 0.6 is 0 Å². The summed E-state index contributed by atoms with van der Waals surface area (Å²) in [4.78, 5) is 32.3. The Kier molecular flexibility index (Phi) is 6.63. The molecule has 9 heteroatoms. The minimum atomic E-state index is -1.39. The normalized spacial score (nSPS) is 19.5. The van der Waals surface area contributed by atoms with Crippen LogP contribution in [0.5, 0.6) is 5.75 Å². The number of carbonyl (C=O) groups excluding carboxylic acids is 1. The molecule has 2 unspecified atom stereocenters. The van der Waals surface area contributed by atoms with Gasteiger partial charge in [0.2, 0.25) is 5.78 Å². The second-order valence-corrected chi connectivity index (χ2v) is 9.53. The van der Waals surface area contributed by atoms with Gasteiger partial charge < -0.3 is 24.4 Å². The Morgan fingerprint density at radius 3 is 2.59 bits per heavy atom. The lowest BCUT2D eigenvalue weighted by atomic mass is 9.82. The number of phenolic OH excluding ortho intramolecular Hbond substituents is 1. The number of rotatable bonds is 9. The average molecular weight is 472 g/mol. The molecule has 2 aromatic rings. The third kappa shape index (κ3) is 4.78. The number of phenols is 1. The molecule has 4 rings (SSSR count). The maximum Gasteiger partial charge on any atom is 0.341 e. The van der Waals surface area contributed by atoms with Crippen LogP contribution in [0.3, 0.4) is 0 Å². The summed E-state index contributed by atoms with van der Waals surface area (Å²) in [5.74, 6) is -2.27. The number of carboxylic acids is 1. The smallest absolute Gasteiger partial charge is 0.341 e. The molecular formula is C25H30FN3O5. The number of hydrogen-bond donors (Lipinski definition) is 2. The molecule has 0 bridgehead atoms. The highest BCUT2D eigenvalue weighted by atomic mass is 19.1. The van der Waals surface area contributed by atoms with Crippen molar-refractivity contribution in [3.63, 3.8) is 0 Å². The standard InChI is InChI=1S/C25H30FN3O5/c1-14(2)21(24-27-7-9-34-24)15-6-8-29(12-15)22-19(26)10-16(11-20(22)30)23(31)18(25(32)33)13-28(3)17-4-5-17/h7,9-11,13-15,17,21,30H,4-6,8,12H2,1-3H3,(H,32,33)/b18-13+. The largest absolute Gasteiger partial charge is 0.506 e. The molecule has 8 nitrogen and oxygen atoms in total. The highest BCUT2D eigenvalue weighted by Gasteiger charge is 2.37. The van der Waals surface area contributed by atoms with Crippen LogP contribution in [-0.2, 0) is 4.79 Å². The highest BCUT2D eigenvalue weighted by molar-refractivity contribution is 6.23. The predicted octanol–water partition coefficient (Wildman–Crippen LogP) is 4.03. The lowest BCUT2D eigenvalue weighted by Crippen LogP contribution is -2.25. The zero-order chi connectivity index (χ0) is 24.6. The van der Waals surface area contributed by atoms with Crippen molar-refractivity contribution in [2.45, 2.75) is 45.1 Å². The van der Waals surface area contributed by atoms with Crippen molar-refractivity contribution in [2.75, 3.05) is 25.0 Å². The molecule has 1 saturated heterocycles. The summed E-state index contributed by atoms with van der Waals surface area (Å²) in [6.07, 6.45) is 7.07. The minimum Gasteiger partial charge on any atom is -0.506 e. The van der Waals surface area contributed by atoms with Gasteiger partial charge in [0.25, 0.3) is 0 Å². The quantitative estimate of drug-likeness (QED) is 0.244. The minimum absolute atomic E-state index is 0.0184. The molecule has 0 spiro atoms. The first-order chi connectivity index (χ1) is 16.2. The Labute approximate surface area is 197 Å². The van der Waals surface area contributed by atoms with Crippen LogP contribution in [-0.4, -0.2) is 58.0 Å². The molecule has 2 heterocycles. The summed E-state index contributed by atoms with van der Waals surface area (Å²) in [7, 11) is 1.71. The molecular weight excluding hydrogens is 441 g/mol. The van der Waals surface area contributed by atoms with Crippen molar-refractivity contribution in [3.8, 4) is 5.75 Å². The highest BCUT2D eigenvalue weighted by Crippen LogP contribution is 2.41. The van der Waals surface area contributed by atoms with Crippen molar-refractivity contribution in [1.29, 1.82) is 0 Å². The fourth-order valence-corrected chi connectivity index (χ4v) is 4.90. The maximum absolute atomic E-state index is 15.2. The molecule has 0 amide bonds. The van der Waals surface area contributed by atoms with Gasteiger partial charge in [-0.15, -0.1) is 0 Å². The van der Waals surface area contributed by atoms with Gasteiger partial charge in [0, 0.05) is 43.9 Å². The lowest BCUT2D eigenvalue weighted by Gasteiger charge is -2.26. The molecule has 2 aliphatic rings. The predicted molar refractivity (Wildman–Crippen MR) is 123 cm³/mol. The number of aliphatic carboxylic acids is 1. The van der Waals surface area contributed by atoms with E-state index in [-0.39, 0.29) is 40.8 Å². The zero-order valence-electron chi connectivity index (χ0n) is 19.6. The van der Waals surface area contributed by atoms with E-state index in [9.17, 15) is 19.8 Å². The molecule has 2 N–H and O–H groups in total. The summed E-state index contributed by atoms with van der Waals surface area (Å²) < 4.78 is 20.7. The number of carboxylic acid groups (broad SMARTS) is 1. The van der Waals surface area contributed by atoms with Crippen LogP contribution in [0, 0.1) is 17.7 Å². The van der Waals surface area contributed by atoms with E-state index in [0.29, 0.717) is 19.0 Å². The topological polar surface area (TPSA) is 107 Å². The number of carbonyl (C=O) groups is 2. The average Bonchev–Trinajstić information content (AvgIpc) is 3.29. The third-order valence-electron chi connectivity index (χ3n) is 6.74. The number of ketones is 1. The monoisotopic (exact) mass is 471 g/mol. The number of halogens is 1. The van der Waals surface area contributed by atoms with Crippen LogP contribution in [0.15, 0.2) is 40.8 Å². The van der Waals surface area contributed by atoms with Gasteiger partial charge in [-0.3, -0.25) is 4.79 Å². The Hall–Kier alpha value is -3.36. The number of oxazole rings is 1. The molecule has 1 aliphatic heterocycles. The lowest BCUT2D eigenvalue weighted by molar-refractivity contribution is -0.132. The van der Waals surface area contributed by atoms with E-state index in [2.05, 4.69) is 18.8 Å². The summed E-state index contributed by atoms with van der Waals surface area (Å²) in [6, 6.07) is 2.37. The van der Waals surface area contributed by atoms with Crippen molar-refractivity contribution >= 4 is 17.4 Å². The summed E-state index contributed by atoms with van der Waals surface area (Å²) in [6.45, 7) is 5.20. The summed E-state index contributed by atoms with van der Waals surface area (Å²) in [5, 5.41) is 20.2. The molecule has 1 saturated carbocycles. The van der Waals surface area contributed by atoms with Gasteiger partial charge in [-0.1, -0.05) is 13.8 Å². The molecule has 2 atom stereocenters. The summed E-state index contributed by atoms with van der Waals surface area (Å²) >= 11 is 0. The Bertz CT molecular complexity index is 1070. The first-order valence-electron chi connectivity index (χ1n) is 11.6. The van der Waals surface area contributed by atoms with Crippen LogP contribution in [0.25, 0.3) is 0 Å². The van der Waals surface area contributed by atoms with E-state index < -0.39 is 23.1 Å². The Morgan fingerprint density at radius 2 is 2.03 bits per heavy atom. The first kappa shape index (κ1) is 23.8. The number of nitrogens with zero attached hydrogens (tertiary/aromatic N) is 3. The number of aromatic nitrogens is 1. The van der Waals surface area contributed by atoms with Crippen LogP contribution in [0.4, 0.5) is 10.1 Å². The second-order valence-electron chi connectivity index (χ2n) is 9.53. The molecule has 0 radical (unpaired) electrons. The van der Waals surface area contributed by atoms with Crippen LogP contribution < -0.4 is 4.90 Å². The van der Waals surface area contributed by atoms with Crippen LogP contribution in [0.1, 0.15) is 55.3 Å². The van der Waals surface area contributed by atoms with Gasteiger partial charge in [0.15, 0.2) is 11.7 Å². The number of aromatic hydroxyl groups is 1. The van der Waals surface area contributed by atoms with Gasteiger partial charge in [-0.25, -0.2) is 14.2 Å². The van der Waals surface area contributed by atoms with E-state index in [0.717, 1.165) is 31.4 Å². The van der Waals surface area contributed by atoms with Crippen molar-refractivity contribution in [2.24, 2.45) is 11.8 Å². The second kappa shape index (κ2) is 9.48. The van der Waals surface area contributed by atoms with Crippen molar-refractivity contribution in [1.82, 2.24) is 9.88 Å². The molecule has 1 aliphatic carbocycles. The SMILES string of the molecule is CC(C)C(c1ncco1)C1CCN(c2c(O)cc(C(=O)/C(=C\N(C)C3CC3)C(=O)O)cc2F)C1. The number of anilines is 1. The Morgan fingerprint density at radius 1 is 1.29 bits per heavy atom. The van der Waals surface area contributed by atoms with E-state index >= 15 is 4.39 Å². The molecule has 34 heavy (non-hydrogen) atoms. The molecule has 1 aromatic carbocycles. The van der Waals surface area contributed by atoms with Gasteiger partial charge in [0.05, 0.1) is 6.20 Å². The fourth-order valence-electron chi connectivity index (χ4n) is 4.90. The fraction of sp³-hybridized carbons (Fsp3) is 0.480. The van der Waals surface area contributed by atoms with Gasteiger partial charge in [-0.05, 0) is 43.2 Å². The molecule has 182 valence electrons. The zero-order valence-corrected chi connectivity index (χ0v) is 19.6.